The Bertz CT molecular complexity index is 698. The number of amidine groups is 1. The van der Waals surface area contributed by atoms with Crippen molar-refractivity contribution in [1.29, 1.82) is 0 Å². The van der Waals surface area contributed by atoms with Gasteiger partial charge in [0, 0.05) is 23.6 Å². The molecule has 0 saturated carbocycles. The molecule has 0 bridgehead atoms. The molecule has 2 heterocycles. The van der Waals surface area contributed by atoms with E-state index in [4.69, 9.17) is 16.0 Å². The van der Waals surface area contributed by atoms with Crippen molar-refractivity contribution in [3.63, 3.8) is 0 Å². The highest BCUT2D eigenvalue weighted by atomic mass is 35.5. The molecule has 1 aromatic carbocycles. The highest BCUT2D eigenvalue weighted by molar-refractivity contribution is 8.14. The molecule has 120 valence electrons. The number of carbonyl (C=O) groups is 1. The van der Waals surface area contributed by atoms with Crippen LogP contribution in [-0.4, -0.2) is 22.9 Å². The molecule has 0 unspecified atom stereocenters. The van der Waals surface area contributed by atoms with Crippen LogP contribution in [-0.2, 0) is 11.2 Å². The van der Waals surface area contributed by atoms with Crippen LogP contribution in [0.3, 0.4) is 0 Å². The van der Waals surface area contributed by atoms with Gasteiger partial charge in [0.2, 0.25) is 5.91 Å². The lowest BCUT2D eigenvalue weighted by molar-refractivity contribution is -0.117. The third-order valence-corrected chi connectivity index (χ3v) is 4.92. The van der Waals surface area contributed by atoms with Crippen molar-refractivity contribution in [2.75, 3.05) is 10.7 Å². The summed E-state index contributed by atoms with van der Waals surface area (Å²) in [6.45, 7) is 2.05. The summed E-state index contributed by atoms with van der Waals surface area (Å²) in [5.74, 6) is 1.71. The first-order valence-corrected chi connectivity index (χ1v) is 8.81. The van der Waals surface area contributed by atoms with Crippen LogP contribution in [0, 0.1) is 0 Å². The predicted octanol–water partition coefficient (Wildman–Crippen LogP) is 4.39. The van der Waals surface area contributed by atoms with Gasteiger partial charge in [-0.25, -0.2) is 0 Å². The molecule has 6 heteroatoms. The van der Waals surface area contributed by atoms with Crippen LogP contribution in [0.4, 0.5) is 5.69 Å². The van der Waals surface area contributed by atoms with Gasteiger partial charge in [-0.15, -0.1) is 0 Å². The Balaban J connectivity index is 1.81. The second kappa shape index (κ2) is 7.23. The molecule has 0 spiro atoms. The molecule has 1 aliphatic rings. The third-order valence-electron chi connectivity index (χ3n) is 3.48. The summed E-state index contributed by atoms with van der Waals surface area (Å²) in [6.07, 6.45) is 2.56. The van der Waals surface area contributed by atoms with Gasteiger partial charge in [0.05, 0.1) is 18.0 Å². The topological polar surface area (TPSA) is 45.8 Å². The summed E-state index contributed by atoms with van der Waals surface area (Å²) in [7, 11) is 0. The SMILES string of the molecule is C[C@@H]1CSC(N(C(=O)CCc2ccco2)c2ccc(Cl)cc2)=N1. The first-order valence-electron chi connectivity index (χ1n) is 7.45. The number of hydrogen-bond donors (Lipinski definition) is 0. The van der Waals surface area contributed by atoms with Crippen molar-refractivity contribution < 1.29 is 9.21 Å². The first kappa shape index (κ1) is 16.1. The van der Waals surface area contributed by atoms with Crippen LogP contribution in [0.2, 0.25) is 5.02 Å². The molecule has 2 aromatic rings. The molecule has 0 radical (unpaired) electrons. The average molecular weight is 349 g/mol. The maximum absolute atomic E-state index is 12.8. The molecule has 4 nitrogen and oxygen atoms in total. The van der Waals surface area contributed by atoms with Crippen molar-refractivity contribution in [3.8, 4) is 0 Å². The van der Waals surface area contributed by atoms with Gasteiger partial charge in [0.15, 0.2) is 5.17 Å². The summed E-state index contributed by atoms with van der Waals surface area (Å²) in [5.41, 5.74) is 0.791. The van der Waals surface area contributed by atoms with Crippen molar-refractivity contribution in [3.05, 3.63) is 53.4 Å². The van der Waals surface area contributed by atoms with Crippen LogP contribution in [0.1, 0.15) is 19.1 Å². The quantitative estimate of drug-likeness (QED) is 0.823. The Morgan fingerprint density at radius 2 is 2.17 bits per heavy atom. The van der Waals surface area contributed by atoms with Crippen molar-refractivity contribution in [2.24, 2.45) is 4.99 Å². The molecule has 0 saturated heterocycles. The Hall–Kier alpha value is -1.72. The number of carbonyl (C=O) groups excluding carboxylic acids is 1. The van der Waals surface area contributed by atoms with Crippen LogP contribution in [0.5, 0.6) is 0 Å². The zero-order valence-corrected chi connectivity index (χ0v) is 14.3. The van der Waals surface area contributed by atoms with E-state index in [9.17, 15) is 4.79 Å². The zero-order chi connectivity index (χ0) is 16.2. The zero-order valence-electron chi connectivity index (χ0n) is 12.7. The molecule has 0 fully saturated rings. The minimum Gasteiger partial charge on any atom is -0.469 e. The van der Waals surface area contributed by atoms with Gasteiger partial charge in [-0.2, -0.15) is 0 Å². The fraction of sp³-hybridized carbons (Fsp3) is 0.294. The van der Waals surface area contributed by atoms with E-state index in [-0.39, 0.29) is 11.9 Å². The molecule has 1 aliphatic heterocycles. The highest BCUT2D eigenvalue weighted by Gasteiger charge is 2.26. The normalized spacial score (nSPS) is 17.1. The Labute approximate surface area is 144 Å². The fourth-order valence-corrected chi connectivity index (χ4v) is 3.51. The smallest absolute Gasteiger partial charge is 0.233 e. The molecule has 3 rings (SSSR count). The Morgan fingerprint density at radius 3 is 2.78 bits per heavy atom. The van der Waals surface area contributed by atoms with Gasteiger partial charge in [0.1, 0.15) is 5.76 Å². The minimum absolute atomic E-state index is 0.00377. The van der Waals surface area contributed by atoms with Crippen LogP contribution in [0.15, 0.2) is 52.1 Å². The maximum atomic E-state index is 12.8. The second-order valence-electron chi connectivity index (χ2n) is 5.36. The molecule has 1 aromatic heterocycles. The molecule has 0 aliphatic carbocycles. The van der Waals surface area contributed by atoms with Gasteiger partial charge >= 0.3 is 0 Å². The van der Waals surface area contributed by atoms with E-state index >= 15 is 0 Å². The summed E-state index contributed by atoms with van der Waals surface area (Å²) in [4.78, 5) is 19.0. The highest BCUT2D eigenvalue weighted by Crippen LogP contribution is 2.27. The average Bonchev–Trinajstić information content (AvgIpc) is 3.19. The first-order chi connectivity index (χ1) is 11.1. The molecule has 0 N–H and O–H groups in total. The van der Waals surface area contributed by atoms with Crippen LogP contribution < -0.4 is 4.90 Å². The van der Waals surface area contributed by atoms with Crippen molar-refractivity contribution in [2.45, 2.75) is 25.8 Å². The number of halogens is 1. The number of amides is 1. The van der Waals surface area contributed by atoms with E-state index in [1.807, 2.05) is 31.2 Å². The number of aryl methyl sites for hydroxylation is 1. The largest absolute Gasteiger partial charge is 0.469 e. The van der Waals surface area contributed by atoms with E-state index in [0.717, 1.165) is 22.4 Å². The monoisotopic (exact) mass is 348 g/mol. The minimum atomic E-state index is 0.00377. The van der Waals surface area contributed by atoms with E-state index < -0.39 is 0 Å². The van der Waals surface area contributed by atoms with Crippen LogP contribution in [0.25, 0.3) is 0 Å². The van der Waals surface area contributed by atoms with Gasteiger partial charge in [0.25, 0.3) is 0 Å². The van der Waals surface area contributed by atoms with Gasteiger partial charge in [-0.05, 0) is 43.3 Å². The lowest BCUT2D eigenvalue weighted by Crippen LogP contribution is -2.34. The number of hydrogen-bond acceptors (Lipinski definition) is 4. The lowest BCUT2D eigenvalue weighted by Gasteiger charge is -2.22. The number of furan rings is 1. The van der Waals surface area contributed by atoms with Crippen LogP contribution >= 0.6 is 23.4 Å². The van der Waals surface area contributed by atoms with E-state index in [2.05, 4.69) is 4.99 Å². The molecular weight excluding hydrogens is 332 g/mol. The third kappa shape index (κ3) is 3.98. The number of thioether (sulfide) groups is 1. The summed E-state index contributed by atoms with van der Waals surface area (Å²) < 4.78 is 5.30. The number of anilines is 1. The molecule has 1 atom stereocenters. The molecule has 23 heavy (non-hydrogen) atoms. The van der Waals surface area contributed by atoms with E-state index in [0.29, 0.717) is 17.9 Å². The van der Waals surface area contributed by atoms with E-state index in [1.165, 1.54) is 0 Å². The Kier molecular flexibility index (Phi) is 5.08. The number of rotatable bonds is 4. The van der Waals surface area contributed by atoms with Crippen molar-refractivity contribution in [1.82, 2.24) is 0 Å². The fourth-order valence-electron chi connectivity index (χ4n) is 2.33. The van der Waals surface area contributed by atoms with Gasteiger partial charge < -0.3 is 4.42 Å². The predicted molar refractivity (Wildman–Crippen MR) is 95.3 cm³/mol. The number of aliphatic imine (C=N–C) groups is 1. The molecule has 1 amide bonds. The lowest BCUT2D eigenvalue weighted by atomic mass is 10.2. The number of nitrogens with zero attached hydrogens (tertiary/aromatic N) is 2. The summed E-state index contributed by atoms with van der Waals surface area (Å²) in [5, 5.41) is 1.40. The van der Waals surface area contributed by atoms with Gasteiger partial charge in [-0.1, -0.05) is 23.4 Å². The Morgan fingerprint density at radius 1 is 1.39 bits per heavy atom. The number of benzene rings is 1. The second-order valence-corrected chi connectivity index (χ2v) is 6.78. The standard InChI is InChI=1S/C17H17ClN2O2S/c1-12-11-23-17(19-12)20(14-6-4-13(18)5-7-14)16(21)9-8-15-3-2-10-22-15/h2-7,10,12H,8-9,11H2,1H3/t12-/m1/s1. The van der Waals surface area contributed by atoms with Gasteiger partial charge in [-0.3, -0.25) is 14.7 Å². The summed E-state index contributed by atoms with van der Waals surface area (Å²) >= 11 is 7.56. The summed E-state index contributed by atoms with van der Waals surface area (Å²) in [6, 6.07) is 11.2. The molecular formula is C17H17ClN2O2S. The maximum Gasteiger partial charge on any atom is 0.233 e. The van der Waals surface area contributed by atoms with Crippen molar-refractivity contribution >= 4 is 40.1 Å². The van der Waals surface area contributed by atoms with E-state index in [1.54, 1.807) is 35.1 Å².